The topological polar surface area (TPSA) is 72.9 Å². The molecule has 1 aliphatic heterocycles. The van der Waals surface area contributed by atoms with Crippen LogP contribution in [0.1, 0.15) is 19.8 Å². The van der Waals surface area contributed by atoms with Crippen LogP contribution in [0.25, 0.3) is 0 Å². The van der Waals surface area contributed by atoms with Gasteiger partial charge in [0.25, 0.3) is 0 Å². The summed E-state index contributed by atoms with van der Waals surface area (Å²) in [5, 5.41) is 12.7. The zero-order chi connectivity index (χ0) is 13.7. The van der Waals surface area contributed by atoms with Crippen LogP contribution in [0.4, 0.5) is 0 Å². The molecule has 0 radical (unpaired) electrons. The molecule has 2 atom stereocenters. The fourth-order valence-corrected chi connectivity index (χ4v) is 2.14. The van der Waals surface area contributed by atoms with Gasteiger partial charge in [0.05, 0.1) is 18.7 Å². The Kier molecular flexibility index (Phi) is 5.55. The Bertz CT molecular complexity index is 307. The SMILES string of the molecule is CC(=O)N[C@H]1CCN(C(=O)CN(C)C)CC[C@@H]1O. The van der Waals surface area contributed by atoms with Gasteiger partial charge in [-0.15, -0.1) is 0 Å². The molecule has 0 saturated carbocycles. The van der Waals surface area contributed by atoms with Crippen molar-refractivity contribution >= 4 is 11.8 Å². The summed E-state index contributed by atoms with van der Waals surface area (Å²) in [7, 11) is 3.70. The number of carbonyl (C=O) groups is 2. The Labute approximate surface area is 108 Å². The highest BCUT2D eigenvalue weighted by Gasteiger charge is 2.27. The Hall–Kier alpha value is -1.14. The number of nitrogens with one attached hydrogen (secondary N) is 1. The molecule has 0 spiro atoms. The van der Waals surface area contributed by atoms with E-state index in [1.165, 1.54) is 6.92 Å². The van der Waals surface area contributed by atoms with E-state index in [2.05, 4.69) is 5.32 Å². The average molecular weight is 257 g/mol. The predicted octanol–water partition coefficient (Wildman–Crippen LogP) is -0.964. The van der Waals surface area contributed by atoms with Crippen LogP contribution in [0, 0.1) is 0 Å². The van der Waals surface area contributed by atoms with Crippen molar-refractivity contribution in [2.24, 2.45) is 0 Å². The third kappa shape index (κ3) is 4.62. The Morgan fingerprint density at radius 2 is 1.94 bits per heavy atom. The minimum Gasteiger partial charge on any atom is -0.391 e. The molecule has 0 aliphatic carbocycles. The Morgan fingerprint density at radius 1 is 1.33 bits per heavy atom. The molecule has 0 aromatic rings. The number of rotatable bonds is 3. The lowest BCUT2D eigenvalue weighted by atomic mass is 10.1. The molecule has 1 fully saturated rings. The quantitative estimate of drug-likeness (QED) is 0.683. The summed E-state index contributed by atoms with van der Waals surface area (Å²) >= 11 is 0. The number of amides is 2. The van der Waals surface area contributed by atoms with E-state index in [0.29, 0.717) is 32.5 Å². The predicted molar refractivity (Wildman–Crippen MR) is 68.0 cm³/mol. The summed E-state index contributed by atoms with van der Waals surface area (Å²) in [4.78, 5) is 26.5. The number of likely N-dealkylation sites (N-methyl/N-ethyl adjacent to an activating group) is 1. The van der Waals surface area contributed by atoms with E-state index in [1.54, 1.807) is 4.90 Å². The monoisotopic (exact) mass is 257 g/mol. The first-order chi connectivity index (χ1) is 8.40. The van der Waals surface area contributed by atoms with Crippen LogP contribution in [0.2, 0.25) is 0 Å². The molecule has 2 N–H and O–H groups in total. The average Bonchev–Trinajstić information content (AvgIpc) is 2.41. The molecule has 0 aromatic heterocycles. The summed E-state index contributed by atoms with van der Waals surface area (Å²) < 4.78 is 0. The summed E-state index contributed by atoms with van der Waals surface area (Å²) in [5.74, 6) is -0.0807. The molecule has 1 saturated heterocycles. The fraction of sp³-hybridized carbons (Fsp3) is 0.833. The van der Waals surface area contributed by atoms with Gasteiger partial charge < -0.3 is 20.2 Å². The van der Waals surface area contributed by atoms with Crippen molar-refractivity contribution in [2.75, 3.05) is 33.7 Å². The zero-order valence-electron chi connectivity index (χ0n) is 11.3. The van der Waals surface area contributed by atoms with Gasteiger partial charge in [0.1, 0.15) is 0 Å². The van der Waals surface area contributed by atoms with Gasteiger partial charge in [0, 0.05) is 20.0 Å². The zero-order valence-corrected chi connectivity index (χ0v) is 11.3. The van der Waals surface area contributed by atoms with Crippen molar-refractivity contribution in [1.29, 1.82) is 0 Å². The minimum absolute atomic E-state index is 0.0654. The number of carbonyl (C=O) groups excluding carboxylic acids is 2. The van der Waals surface area contributed by atoms with Crippen LogP contribution in [0.15, 0.2) is 0 Å². The van der Waals surface area contributed by atoms with Gasteiger partial charge in [0.15, 0.2) is 0 Å². The number of aliphatic hydroxyl groups is 1. The highest BCUT2D eigenvalue weighted by Crippen LogP contribution is 2.12. The lowest BCUT2D eigenvalue weighted by molar-refractivity contribution is -0.131. The van der Waals surface area contributed by atoms with Gasteiger partial charge in [-0.2, -0.15) is 0 Å². The van der Waals surface area contributed by atoms with Crippen molar-refractivity contribution in [2.45, 2.75) is 31.9 Å². The molecule has 6 heteroatoms. The van der Waals surface area contributed by atoms with E-state index in [1.807, 2.05) is 19.0 Å². The van der Waals surface area contributed by atoms with Gasteiger partial charge in [-0.05, 0) is 26.9 Å². The third-order valence-electron chi connectivity index (χ3n) is 3.06. The highest BCUT2D eigenvalue weighted by atomic mass is 16.3. The maximum Gasteiger partial charge on any atom is 0.236 e. The van der Waals surface area contributed by atoms with Gasteiger partial charge >= 0.3 is 0 Å². The van der Waals surface area contributed by atoms with Crippen molar-refractivity contribution in [3.8, 4) is 0 Å². The Balaban J connectivity index is 2.53. The largest absolute Gasteiger partial charge is 0.391 e. The molecule has 18 heavy (non-hydrogen) atoms. The first-order valence-corrected chi connectivity index (χ1v) is 6.28. The van der Waals surface area contributed by atoms with E-state index in [9.17, 15) is 14.7 Å². The summed E-state index contributed by atoms with van der Waals surface area (Å²) in [6.45, 7) is 2.94. The molecule has 0 aromatic carbocycles. The summed E-state index contributed by atoms with van der Waals surface area (Å²) in [6.07, 6.45) is 0.523. The standard InChI is InChI=1S/C12H23N3O3/c1-9(16)13-10-4-6-15(7-5-11(10)17)12(18)8-14(2)3/h10-11,17H,4-8H2,1-3H3,(H,13,16)/t10-,11-/m0/s1. The second kappa shape index (κ2) is 6.70. The number of nitrogens with zero attached hydrogens (tertiary/aromatic N) is 2. The first-order valence-electron chi connectivity index (χ1n) is 6.28. The maximum atomic E-state index is 11.9. The lowest BCUT2D eigenvalue weighted by Gasteiger charge is -2.22. The van der Waals surface area contributed by atoms with Crippen LogP contribution >= 0.6 is 0 Å². The van der Waals surface area contributed by atoms with Crippen LogP contribution in [0.3, 0.4) is 0 Å². The highest BCUT2D eigenvalue weighted by molar-refractivity contribution is 5.78. The van der Waals surface area contributed by atoms with Crippen molar-refractivity contribution in [3.63, 3.8) is 0 Å². The maximum absolute atomic E-state index is 11.9. The minimum atomic E-state index is -0.578. The lowest BCUT2D eigenvalue weighted by Crippen LogP contribution is -2.42. The molecule has 6 nitrogen and oxygen atoms in total. The Morgan fingerprint density at radius 3 is 2.50 bits per heavy atom. The molecule has 104 valence electrons. The number of hydrogen-bond donors (Lipinski definition) is 2. The number of aliphatic hydroxyl groups excluding tert-OH is 1. The fourth-order valence-electron chi connectivity index (χ4n) is 2.14. The molecular formula is C12H23N3O3. The summed E-state index contributed by atoms with van der Waals surface area (Å²) in [5.41, 5.74) is 0. The summed E-state index contributed by atoms with van der Waals surface area (Å²) in [6, 6.07) is -0.250. The van der Waals surface area contributed by atoms with Crippen LogP contribution in [-0.4, -0.2) is 72.6 Å². The molecule has 0 bridgehead atoms. The molecule has 0 unspecified atom stereocenters. The van der Waals surface area contributed by atoms with E-state index < -0.39 is 6.10 Å². The second-order valence-corrected chi connectivity index (χ2v) is 5.07. The van der Waals surface area contributed by atoms with Crippen molar-refractivity contribution in [1.82, 2.24) is 15.1 Å². The van der Waals surface area contributed by atoms with Gasteiger partial charge in [0.2, 0.25) is 11.8 Å². The van der Waals surface area contributed by atoms with Crippen LogP contribution < -0.4 is 5.32 Å². The second-order valence-electron chi connectivity index (χ2n) is 5.07. The van der Waals surface area contributed by atoms with Crippen LogP contribution in [-0.2, 0) is 9.59 Å². The first kappa shape index (κ1) is 14.9. The van der Waals surface area contributed by atoms with E-state index in [0.717, 1.165) is 0 Å². The van der Waals surface area contributed by atoms with E-state index >= 15 is 0 Å². The smallest absolute Gasteiger partial charge is 0.236 e. The van der Waals surface area contributed by atoms with Gasteiger partial charge in [-0.25, -0.2) is 0 Å². The normalized spacial score (nSPS) is 24.8. The van der Waals surface area contributed by atoms with Gasteiger partial charge in [-0.1, -0.05) is 0 Å². The van der Waals surface area contributed by atoms with Crippen molar-refractivity contribution in [3.05, 3.63) is 0 Å². The van der Waals surface area contributed by atoms with Crippen molar-refractivity contribution < 1.29 is 14.7 Å². The molecule has 1 aliphatic rings. The number of hydrogen-bond acceptors (Lipinski definition) is 4. The number of likely N-dealkylation sites (tertiary alicyclic amines) is 1. The molecular weight excluding hydrogens is 234 g/mol. The molecule has 1 rings (SSSR count). The van der Waals surface area contributed by atoms with E-state index in [4.69, 9.17) is 0 Å². The van der Waals surface area contributed by atoms with Crippen LogP contribution in [0.5, 0.6) is 0 Å². The molecule has 2 amide bonds. The molecule has 1 heterocycles. The third-order valence-corrected chi connectivity index (χ3v) is 3.06. The van der Waals surface area contributed by atoms with E-state index in [-0.39, 0.29) is 17.9 Å². The van der Waals surface area contributed by atoms with Gasteiger partial charge in [-0.3, -0.25) is 9.59 Å².